The van der Waals surface area contributed by atoms with Gasteiger partial charge in [-0.15, -0.1) is 0 Å². The molecule has 3 aromatic rings. The van der Waals surface area contributed by atoms with Gasteiger partial charge in [0.15, 0.2) is 17.0 Å². The number of hydrogen-bond acceptors (Lipinski definition) is 9. The van der Waals surface area contributed by atoms with E-state index in [-0.39, 0.29) is 17.0 Å². The van der Waals surface area contributed by atoms with E-state index >= 15 is 0 Å². The first-order valence-corrected chi connectivity index (χ1v) is 9.86. The third kappa shape index (κ3) is 3.13. The molecule has 0 saturated carbocycles. The lowest BCUT2D eigenvalue weighted by atomic mass is 9.94. The van der Waals surface area contributed by atoms with E-state index in [0.717, 1.165) is 6.33 Å². The minimum atomic E-state index is -4.62. The predicted octanol–water partition coefficient (Wildman–Crippen LogP) is -1.15. The molecular formula is C16H17N5O7S. The highest BCUT2D eigenvalue weighted by atomic mass is 32.2. The lowest BCUT2D eigenvalue weighted by molar-refractivity contribution is -0.115. The Kier molecular flexibility index (Phi) is 4.72. The Hall–Kier alpha value is -2.68. The molecule has 0 unspecified atom stereocenters. The Morgan fingerprint density at radius 3 is 2.52 bits per heavy atom. The van der Waals surface area contributed by atoms with E-state index in [1.807, 2.05) is 4.72 Å². The van der Waals surface area contributed by atoms with Crippen molar-refractivity contribution in [1.29, 1.82) is 0 Å². The standard InChI is InChI=1S/C16H17N5O7S/c22-6-10-12(23)13(24)16(28-10,9-4-2-1-3-5-9)21-8-19-11-14(20-29(25,26)27)17-7-18-15(11)21/h1-5,7-8,10,12-13,22-24H,6H2,(H,17,18,20)(H,25,26,27)/t10-,12-,13-,16-/m1/s1. The highest BCUT2D eigenvalue weighted by molar-refractivity contribution is 7.87. The number of fused-ring (bicyclic) bond motifs is 1. The number of nitrogens with zero attached hydrogens (tertiary/aromatic N) is 4. The van der Waals surface area contributed by atoms with Crippen LogP contribution in [0.3, 0.4) is 0 Å². The highest BCUT2D eigenvalue weighted by Crippen LogP contribution is 2.42. The van der Waals surface area contributed by atoms with Crippen LogP contribution in [0.15, 0.2) is 43.0 Å². The summed E-state index contributed by atoms with van der Waals surface area (Å²) in [4.78, 5) is 12.0. The third-order valence-electron chi connectivity index (χ3n) is 4.72. The summed E-state index contributed by atoms with van der Waals surface area (Å²) < 4.78 is 40.5. The molecule has 2 aromatic heterocycles. The van der Waals surface area contributed by atoms with Gasteiger partial charge >= 0.3 is 10.3 Å². The van der Waals surface area contributed by atoms with Crippen LogP contribution in [-0.2, 0) is 20.8 Å². The van der Waals surface area contributed by atoms with Crippen molar-refractivity contribution < 1.29 is 33.0 Å². The highest BCUT2D eigenvalue weighted by Gasteiger charge is 2.57. The Labute approximate surface area is 164 Å². The lowest BCUT2D eigenvalue weighted by Crippen LogP contribution is -2.46. The molecule has 13 heteroatoms. The fourth-order valence-electron chi connectivity index (χ4n) is 3.48. The molecule has 4 atom stereocenters. The molecule has 0 radical (unpaired) electrons. The summed E-state index contributed by atoms with van der Waals surface area (Å²) in [5, 5.41) is 30.9. The fraction of sp³-hybridized carbons (Fsp3) is 0.312. The van der Waals surface area contributed by atoms with Crippen molar-refractivity contribution in [3.05, 3.63) is 48.5 Å². The molecule has 29 heavy (non-hydrogen) atoms. The zero-order valence-electron chi connectivity index (χ0n) is 14.7. The zero-order valence-corrected chi connectivity index (χ0v) is 15.5. The monoisotopic (exact) mass is 423 g/mol. The molecule has 0 spiro atoms. The fourth-order valence-corrected chi connectivity index (χ4v) is 3.87. The molecule has 0 aliphatic carbocycles. The van der Waals surface area contributed by atoms with Crippen LogP contribution in [0, 0.1) is 0 Å². The number of aliphatic hydroxyl groups is 3. The van der Waals surface area contributed by atoms with Gasteiger partial charge in [0, 0.05) is 5.56 Å². The van der Waals surface area contributed by atoms with E-state index < -0.39 is 40.9 Å². The number of imidazole rings is 1. The number of aromatic nitrogens is 4. The van der Waals surface area contributed by atoms with Crippen LogP contribution < -0.4 is 4.72 Å². The van der Waals surface area contributed by atoms with Gasteiger partial charge in [-0.3, -0.25) is 9.12 Å². The molecule has 1 fully saturated rings. The van der Waals surface area contributed by atoms with E-state index in [1.165, 1.54) is 10.9 Å². The van der Waals surface area contributed by atoms with E-state index in [0.29, 0.717) is 5.56 Å². The van der Waals surface area contributed by atoms with Gasteiger partial charge < -0.3 is 20.1 Å². The van der Waals surface area contributed by atoms with Crippen molar-refractivity contribution in [1.82, 2.24) is 19.5 Å². The normalized spacial score (nSPS) is 27.4. The second kappa shape index (κ2) is 6.98. The van der Waals surface area contributed by atoms with Gasteiger partial charge in [-0.25, -0.2) is 19.7 Å². The summed E-state index contributed by atoms with van der Waals surface area (Å²) >= 11 is 0. The summed E-state index contributed by atoms with van der Waals surface area (Å²) in [7, 11) is -4.62. The largest absolute Gasteiger partial charge is 0.394 e. The number of ether oxygens (including phenoxy) is 1. The van der Waals surface area contributed by atoms with Gasteiger partial charge in [-0.05, 0) is 0 Å². The van der Waals surface area contributed by atoms with E-state index in [4.69, 9.17) is 9.29 Å². The van der Waals surface area contributed by atoms with Crippen LogP contribution >= 0.6 is 0 Å². The number of anilines is 1. The van der Waals surface area contributed by atoms with Crippen molar-refractivity contribution in [3.8, 4) is 0 Å². The number of nitrogens with one attached hydrogen (secondary N) is 1. The second-order valence-electron chi connectivity index (χ2n) is 6.42. The Bertz CT molecular complexity index is 1140. The summed E-state index contributed by atoms with van der Waals surface area (Å²) in [6.45, 7) is -0.552. The SMILES string of the molecule is O=S(=O)(O)Nc1ncnc2c1ncn2[C@]1(c2ccccc2)O[C@H](CO)[C@@H](O)[C@H]1O. The first-order valence-electron chi connectivity index (χ1n) is 8.42. The molecule has 1 saturated heterocycles. The predicted molar refractivity (Wildman–Crippen MR) is 98.0 cm³/mol. The molecule has 4 rings (SSSR count). The first-order chi connectivity index (χ1) is 13.8. The van der Waals surface area contributed by atoms with Crippen LogP contribution in [0.25, 0.3) is 11.2 Å². The average molecular weight is 423 g/mol. The molecule has 1 aromatic carbocycles. The van der Waals surface area contributed by atoms with Crippen LogP contribution in [-0.4, -0.2) is 72.7 Å². The molecule has 12 nitrogen and oxygen atoms in total. The van der Waals surface area contributed by atoms with Crippen LogP contribution in [0.4, 0.5) is 5.82 Å². The summed E-state index contributed by atoms with van der Waals surface area (Å²) in [6, 6.07) is 8.46. The number of benzene rings is 1. The van der Waals surface area contributed by atoms with Gasteiger partial charge in [-0.2, -0.15) is 8.42 Å². The van der Waals surface area contributed by atoms with Crippen molar-refractivity contribution in [2.75, 3.05) is 11.3 Å². The third-order valence-corrected chi connectivity index (χ3v) is 5.17. The zero-order chi connectivity index (χ0) is 20.8. The molecule has 3 heterocycles. The smallest absolute Gasteiger partial charge is 0.358 e. The number of aliphatic hydroxyl groups excluding tert-OH is 3. The number of rotatable bonds is 5. The van der Waals surface area contributed by atoms with Crippen LogP contribution in [0.2, 0.25) is 0 Å². The summed E-state index contributed by atoms with van der Waals surface area (Å²) in [6.07, 6.45) is -1.77. The van der Waals surface area contributed by atoms with Gasteiger partial charge in [-0.1, -0.05) is 30.3 Å². The quantitative estimate of drug-likeness (QED) is 0.315. The van der Waals surface area contributed by atoms with Crippen molar-refractivity contribution in [2.24, 2.45) is 0 Å². The molecule has 0 amide bonds. The van der Waals surface area contributed by atoms with Crippen molar-refractivity contribution in [3.63, 3.8) is 0 Å². The minimum Gasteiger partial charge on any atom is -0.394 e. The molecule has 0 bridgehead atoms. The molecular weight excluding hydrogens is 406 g/mol. The van der Waals surface area contributed by atoms with Crippen LogP contribution in [0.1, 0.15) is 5.56 Å². The summed E-state index contributed by atoms with van der Waals surface area (Å²) in [5.41, 5.74) is -1.25. The average Bonchev–Trinajstić information content (AvgIpc) is 3.23. The Morgan fingerprint density at radius 1 is 1.17 bits per heavy atom. The van der Waals surface area contributed by atoms with Crippen LogP contribution in [0.5, 0.6) is 0 Å². The van der Waals surface area contributed by atoms with E-state index in [1.54, 1.807) is 30.3 Å². The maximum atomic E-state index is 11.2. The van der Waals surface area contributed by atoms with Gasteiger partial charge in [0.05, 0.1) is 12.9 Å². The van der Waals surface area contributed by atoms with E-state index in [2.05, 4.69) is 15.0 Å². The maximum Gasteiger partial charge on any atom is 0.358 e. The molecule has 1 aliphatic heterocycles. The van der Waals surface area contributed by atoms with Gasteiger partial charge in [0.1, 0.15) is 24.6 Å². The first kappa shape index (κ1) is 19.6. The molecule has 5 N–H and O–H groups in total. The van der Waals surface area contributed by atoms with E-state index in [9.17, 15) is 23.7 Å². The lowest BCUT2D eigenvalue weighted by Gasteiger charge is -2.34. The molecule has 1 aliphatic rings. The van der Waals surface area contributed by atoms with Gasteiger partial charge in [0.2, 0.25) is 5.72 Å². The van der Waals surface area contributed by atoms with Crippen molar-refractivity contribution in [2.45, 2.75) is 24.0 Å². The van der Waals surface area contributed by atoms with Crippen molar-refractivity contribution >= 4 is 27.3 Å². The Balaban J connectivity index is 1.96. The molecule has 154 valence electrons. The number of hydrogen-bond donors (Lipinski definition) is 5. The topological polar surface area (TPSA) is 180 Å². The summed E-state index contributed by atoms with van der Waals surface area (Å²) in [5.74, 6) is -0.286. The second-order valence-corrected chi connectivity index (χ2v) is 7.58. The minimum absolute atomic E-state index is 0.0295. The maximum absolute atomic E-state index is 11.2. The van der Waals surface area contributed by atoms with Gasteiger partial charge in [0.25, 0.3) is 0 Å². The Morgan fingerprint density at radius 2 is 1.90 bits per heavy atom.